The van der Waals surface area contributed by atoms with Crippen molar-refractivity contribution in [2.24, 2.45) is 0 Å². The second-order valence-electron chi connectivity index (χ2n) is 9.86. The maximum absolute atomic E-state index is 13.1. The lowest BCUT2D eigenvalue weighted by molar-refractivity contribution is -0.124. The van der Waals surface area contributed by atoms with Gasteiger partial charge < -0.3 is 10.4 Å². The van der Waals surface area contributed by atoms with Gasteiger partial charge in [0.2, 0.25) is 0 Å². The number of aryl methyl sites for hydroxylation is 1. The molecule has 0 unspecified atom stereocenters. The van der Waals surface area contributed by atoms with Gasteiger partial charge in [-0.05, 0) is 48.9 Å². The predicted molar refractivity (Wildman–Crippen MR) is 139 cm³/mol. The average Bonchev–Trinajstić information content (AvgIpc) is 3.49. The van der Waals surface area contributed by atoms with Crippen LogP contribution in [-0.2, 0) is 10.2 Å². The number of hydrogen-bond donors (Lipinski definition) is 2. The largest absolute Gasteiger partial charge is 0.378 e. The molecule has 1 amide bonds. The van der Waals surface area contributed by atoms with E-state index in [1.807, 2.05) is 66.1 Å². The van der Waals surface area contributed by atoms with Crippen LogP contribution in [0.4, 0.5) is 5.82 Å². The second-order valence-corrected chi connectivity index (χ2v) is 9.86. The molecule has 182 valence electrons. The number of aliphatic hydroxyl groups is 1. The van der Waals surface area contributed by atoms with Crippen molar-refractivity contribution < 1.29 is 9.90 Å². The van der Waals surface area contributed by atoms with Gasteiger partial charge in [0.25, 0.3) is 5.91 Å². The number of imidazole rings is 1. The lowest BCUT2D eigenvalue weighted by atomic mass is 9.92. The number of amides is 1. The summed E-state index contributed by atoms with van der Waals surface area (Å²) in [6.45, 7) is 8.21. The van der Waals surface area contributed by atoms with Gasteiger partial charge in [-0.1, -0.05) is 50.6 Å². The first-order chi connectivity index (χ1) is 17.2. The number of nitrogens with one attached hydrogen (secondary N) is 1. The molecular weight excluding hydrogens is 452 g/mol. The first-order valence-electron chi connectivity index (χ1n) is 11.8. The Balaban J connectivity index is 1.39. The standard InChI is InChI=1S/C28H28N6O2/c1-18-7-11-21(12-8-18)34-24(16-23(32-34)28(2,3)4)31-27(36)25(35)19-9-13-20(14-10-19)33-17-30-22-6-5-15-29-26(22)33/h5-17,25,35H,1-4H3,(H,31,36)/t25-/m0/s1. The molecule has 2 N–H and O–H groups in total. The summed E-state index contributed by atoms with van der Waals surface area (Å²) in [5.41, 5.74) is 5.42. The molecule has 5 rings (SSSR count). The summed E-state index contributed by atoms with van der Waals surface area (Å²) in [5, 5.41) is 18.4. The van der Waals surface area contributed by atoms with E-state index in [1.165, 1.54) is 0 Å². The molecule has 0 saturated heterocycles. The fourth-order valence-electron chi connectivity index (χ4n) is 3.92. The van der Waals surface area contributed by atoms with E-state index in [9.17, 15) is 9.90 Å². The van der Waals surface area contributed by atoms with E-state index >= 15 is 0 Å². The van der Waals surface area contributed by atoms with Crippen LogP contribution in [0.25, 0.3) is 22.5 Å². The molecule has 0 aliphatic heterocycles. The van der Waals surface area contributed by atoms with Crippen LogP contribution in [0.1, 0.15) is 43.7 Å². The number of nitrogens with zero attached hydrogens (tertiary/aromatic N) is 5. The minimum Gasteiger partial charge on any atom is -0.378 e. The molecule has 0 aliphatic carbocycles. The molecule has 2 aromatic carbocycles. The topological polar surface area (TPSA) is 97.9 Å². The van der Waals surface area contributed by atoms with Crippen molar-refractivity contribution in [3.05, 3.63) is 96.1 Å². The third kappa shape index (κ3) is 4.50. The van der Waals surface area contributed by atoms with Crippen molar-refractivity contribution in [1.82, 2.24) is 24.3 Å². The Kier molecular flexibility index (Phi) is 5.89. The number of anilines is 1. The molecule has 0 bridgehead atoms. The maximum Gasteiger partial charge on any atom is 0.258 e. The van der Waals surface area contributed by atoms with Crippen molar-refractivity contribution in [2.45, 2.75) is 39.2 Å². The van der Waals surface area contributed by atoms with Crippen LogP contribution in [0, 0.1) is 6.92 Å². The molecule has 3 aromatic heterocycles. The summed E-state index contributed by atoms with van der Waals surface area (Å²) in [5.74, 6) is -0.0355. The SMILES string of the molecule is Cc1ccc(-n2nc(C(C)(C)C)cc2NC(=O)[C@@H](O)c2ccc(-n3cnc4cccnc43)cc2)cc1. The van der Waals surface area contributed by atoms with Gasteiger partial charge in [-0.25, -0.2) is 14.6 Å². The lowest BCUT2D eigenvalue weighted by Crippen LogP contribution is -2.22. The second kappa shape index (κ2) is 9.05. The zero-order chi connectivity index (χ0) is 25.4. The zero-order valence-corrected chi connectivity index (χ0v) is 20.7. The van der Waals surface area contributed by atoms with Gasteiger partial charge in [-0.2, -0.15) is 5.10 Å². The Morgan fingerprint density at radius 1 is 0.972 bits per heavy atom. The molecule has 8 nitrogen and oxygen atoms in total. The van der Waals surface area contributed by atoms with E-state index in [0.29, 0.717) is 11.4 Å². The Morgan fingerprint density at radius 2 is 1.67 bits per heavy atom. The number of fused-ring (bicyclic) bond motifs is 1. The first kappa shape index (κ1) is 23.4. The molecule has 0 fully saturated rings. The Bertz CT molecular complexity index is 1530. The first-order valence-corrected chi connectivity index (χ1v) is 11.8. The summed E-state index contributed by atoms with van der Waals surface area (Å²) < 4.78 is 3.56. The van der Waals surface area contributed by atoms with Crippen LogP contribution in [0.2, 0.25) is 0 Å². The van der Waals surface area contributed by atoms with Crippen molar-refractivity contribution in [2.75, 3.05) is 5.32 Å². The summed E-state index contributed by atoms with van der Waals surface area (Å²) >= 11 is 0. The van der Waals surface area contributed by atoms with Gasteiger partial charge in [0.1, 0.15) is 17.7 Å². The van der Waals surface area contributed by atoms with Crippen molar-refractivity contribution in [3.63, 3.8) is 0 Å². The van der Waals surface area contributed by atoms with Gasteiger partial charge in [0.15, 0.2) is 11.8 Å². The molecular formula is C28H28N6O2. The summed E-state index contributed by atoms with van der Waals surface area (Å²) in [6.07, 6.45) is 2.07. The molecule has 1 atom stereocenters. The molecule has 0 saturated carbocycles. The van der Waals surface area contributed by atoms with Gasteiger partial charge in [-0.3, -0.25) is 9.36 Å². The Labute approximate surface area is 209 Å². The van der Waals surface area contributed by atoms with Gasteiger partial charge in [0, 0.05) is 23.4 Å². The third-order valence-electron chi connectivity index (χ3n) is 6.05. The van der Waals surface area contributed by atoms with Crippen LogP contribution < -0.4 is 5.32 Å². The average molecular weight is 481 g/mol. The number of hydrogen-bond acceptors (Lipinski definition) is 5. The summed E-state index contributed by atoms with van der Waals surface area (Å²) in [7, 11) is 0. The normalized spacial score (nSPS) is 12.6. The smallest absolute Gasteiger partial charge is 0.258 e. The maximum atomic E-state index is 13.1. The highest BCUT2D eigenvalue weighted by molar-refractivity contribution is 5.94. The monoisotopic (exact) mass is 480 g/mol. The van der Waals surface area contributed by atoms with Crippen LogP contribution in [0.5, 0.6) is 0 Å². The number of rotatable bonds is 5. The molecule has 3 heterocycles. The third-order valence-corrected chi connectivity index (χ3v) is 6.05. The number of aromatic nitrogens is 5. The number of carbonyl (C=O) groups is 1. The number of pyridine rings is 1. The number of aliphatic hydroxyl groups excluding tert-OH is 1. The van der Waals surface area contributed by atoms with E-state index in [4.69, 9.17) is 5.10 Å². The van der Waals surface area contributed by atoms with E-state index in [1.54, 1.807) is 29.3 Å². The molecule has 5 aromatic rings. The quantitative estimate of drug-likeness (QED) is 0.373. The fraction of sp³-hybridized carbons (Fsp3) is 0.214. The summed E-state index contributed by atoms with van der Waals surface area (Å²) in [4.78, 5) is 21.8. The minimum atomic E-state index is -1.35. The van der Waals surface area contributed by atoms with Crippen molar-refractivity contribution in [3.8, 4) is 11.4 Å². The molecule has 0 spiro atoms. The molecule has 8 heteroatoms. The number of carbonyl (C=O) groups excluding carboxylic acids is 1. The van der Waals surface area contributed by atoms with Crippen molar-refractivity contribution in [1.29, 1.82) is 0 Å². The predicted octanol–water partition coefficient (Wildman–Crippen LogP) is 4.88. The van der Waals surface area contributed by atoms with Gasteiger partial charge in [0.05, 0.1) is 11.4 Å². The molecule has 0 radical (unpaired) electrons. The fourth-order valence-corrected chi connectivity index (χ4v) is 3.92. The van der Waals surface area contributed by atoms with E-state index in [2.05, 4.69) is 36.1 Å². The van der Waals surface area contributed by atoms with Crippen LogP contribution in [0.3, 0.4) is 0 Å². The Hall–Kier alpha value is -4.30. The summed E-state index contributed by atoms with van der Waals surface area (Å²) in [6, 6.07) is 20.6. The Morgan fingerprint density at radius 3 is 2.36 bits per heavy atom. The lowest BCUT2D eigenvalue weighted by Gasteiger charge is -2.14. The number of benzene rings is 2. The minimum absolute atomic E-state index is 0.212. The van der Waals surface area contributed by atoms with E-state index in [-0.39, 0.29) is 5.41 Å². The van der Waals surface area contributed by atoms with Crippen molar-refractivity contribution >= 4 is 22.9 Å². The van der Waals surface area contributed by atoms with E-state index in [0.717, 1.165) is 33.8 Å². The highest BCUT2D eigenvalue weighted by Gasteiger charge is 2.24. The van der Waals surface area contributed by atoms with Gasteiger partial charge in [-0.15, -0.1) is 0 Å². The molecule has 36 heavy (non-hydrogen) atoms. The highest BCUT2D eigenvalue weighted by atomic mass is 16.3. The van der Waals surface area contributed by atoms with Crippen LogP contribution >= 0.6 is 0 Å². The van der Waals surface area contributed by atoms with Crippen LogP contribution in [-0.4, -0.2) is 35.3 Å². The van der Waals surface area contributed by atoms with Gasteiger partial charge >= 0.3 is 0 Å². The van der Waals surface area contributed by atoms with Crippen LogP contribution in [0.15, 0.2) is 79.3 Å². The zero-order valence-electron chi connectivity index (χ0n) is 20.7. The van der Waals surface area contributed by atoms with E-state index < -0.39 is 12.0 Å². The highest BCUT2D eigenvalue weighted by Crippen LogP contribution is 2.27. The molecule has 0 aliphatic rings.